The number of halogens is 1. The molecule has 0 heterocycles. The summed E-state index contributed by atoms with van der Waals surface area (Å²) in [6.07, 6.45) is 0. The lowest BCUT2D eigenvalue weighted by Gasteiger charge is -2.42. The van der Waals surface area contributed by atoms with E-state index < -0.39 is 7.26 Å². The Morgan fingerprint density at radius 2 is 0.783 bits per heavy atom. The van der Waals surface area contributed by atoms with Crippen LogP contribution in [-0.4, -0.2) is 5.66 Å². The highest BCUT2D eigenvalue weighted by atomic mass is 127. The fourth-order valence-electron chi connectivity index (χ4n) is 3.33. The summed E-state index contributed by atoms with van der Waals surface area (Å²) in [6.45, 7) is 4.72. The molecule has 0 N–H and O–H groups in total. The zero-order valence-electron chi connectivity index (χ0n) is 13.6. The van der Waals surface area contributed by atoms with Gasteiger partial charge in [0.15, 0.2) is 0 Å². The Kier molecular flexibility index (Phi) is 6.38. The molecule has 0 amide bonds. The number of hydrogen-bond donors (Lipinski definition) is 0. The molecule has 119 valence electrons. The average molecular weight is 432 g/mol. The van der Waals surface area contributed by atoms with Gasteiger partial charge in [-0.3, -0.25) is 0 Å². The standard InChI is InChI=1S/C21H22P.HI/c1-18(2)22(19-12-6-3-7-13-19,20-14-8-4-9-15-20)21-16-10-5-11-17-21;/h3-18H,1-2H3;1H/p-1. The summed E-state index contributed by atoms with van der Waals surface area (Å²) in [6, 6.07) is 33.1. The molecular formula is C21H22IP-. The molecule has 0 saturated heterocycles. The number of hydrogen-bond acceptors (Lipinski definition) is 0. The van der Waals surface area contributed by atoms with Crippen LogP contribution in [0.4, 0.5) is 0 Å². The molecule has 0 bridgehead atoms. The molecule has 0 unspecified atom stereocenters. The van der Waals surface area contributed by atoms with Crippen molar-refractivity contribution in [1.29, 1.82) is 0 Å². The first-order valence-corrected chi connectivity index (χ1v) is 9.67. The molecular weight excluding hydrogens is 410 g/mol. The molecule has 0 aliphatic carbocycles. The Morgan fingerprint density at radius 1 is 0.522 bits per heavy atom. The highest BCUT2D eigenvalue weighted by Gasteiger charge is 2.36. The van der Waals surface area contributed by atoms with Gasteiger partial charge < -0.3 is 24.0 Å². The highest BCUT2D eigenvalue weighted by molar-refractivity contribution is 7.96. The topological polar surface area (TPSA) is 0 Å². The molecule has 0 atom stereocenters. The second kappa shape index (κ2) is 8.08. The van der Waals surface area contributed by atoms with Crippen molar-refractivity contribution in [3.63, 3.8) is 0 Å². The van der Waals surface area contributed by atoms with E-state index in [-0.39, 0.29) is 24.0 Å². The lowest BCUT2D eigenvalue weighted by atomic mass is 10.3. The maximum absolute atomic E-state index is 2.36. The lowest BCUT2D eigenvalue weighted by Crippen LogP contribution is -3.00. The van der Waals surface area contributed by atoms with E-state index in [9.17, 15) is 0 Å². The molecule has 0 aromatic heterocycles. The van der Waals surface area contributed by atoms with E-state index in [2.05, 4.69) is 105 Å². The lowest BCUT2D eigenvalue weighted by molar-refractivity contribution is -0.00000438. The van der Waals surface area contributed by atoms with Crippen LogP contribution in [0.2, 0.25) is 0 Å². The van der Waals surface area contributed by atoms with Crippen LogP contribution < -0.4 is 39.9 Å². The van der Waals surface area contributed by atoms with Gasteiger partial charge in [-0.1, -0.05) is 105 Å². The van der Waals surface area contributed by atoms with E-state index in [0.29, 0.717) is 5.66 Å². The van der Waals surface area contributed by atoms with Crippen LogP contribution in [0.1, 0.15) is 13.8 Å². The average Bonchev–Trinajstić information content (AvgIpc) is 2.58. The summed E-state index contributed by atoms with van der Waals surface area (Å²) < 4.78 is 0. The number of benzene rings is 3. The van der Waals surface area contributed by atoms with Crippen molar-refractivity contribution in [3.05, 3.63) is 91.0 Å². The maximum atomic E-state index is 2.36. The van der Waals surface area contributed by atoms with Crippen LogP contribution in [0.25, 0.3) is 0 Å². The van der Waals surface area contributed by atoms with E-state index in [1.165, 1.54) is 15.9 Å². The van der Waals surface area contributed by atoms with Gasteiger partial charge in [0.2, 0.25) is 0 Å². The third-order valence-electron chi connectivity index (χ3n) is 4.26. The summed E-state index contributed by atoms with van der Waals surface area (Å²) in [7, 11) is -1.63. The normalized spacial score (nSPS) is 11.1. The predicted octanol–water partition coefficient (Wildman–Crippen LogP) is 1.39. The van der Waals surface area contributed by atoms with Gasteiger partial charge >= 0.3 is 0 Å². The van der Waals surface area contributed by atoms with E-state index in [0.717, 1.165) is 0 Å². The Labute approximate surface area is 157 Å². The van der Waals surface area contributed by atoms with E-state index in [1.54, 1.807) is 0 Å². The molecule has 0 nitrogen and oxygen atoms in total. The summed E-state index contributed by atoms with van der Waals surface area (Å²) in [5.41, 5.74) is 0.555. The Bertz CT molecular complexity index is 612. The Morgan fingerprint density at radius 3 is 1.00 bits per heavy atom. The van der Waals surface area contributed by atoms with Gasteiger partial charge in [-0.2, -0.15) is 0 Å². The third-order valence-corrected chi connectivity index (χ3v) is 9.15. The second-order valence-corrected chi connectivity index (χ2v) is 9.85. The van der Waals surface area contributed by atoms with E-state index in [1.807, 2.05) is 0 Å². The second-order valence-electron chi connectivity index (χ2n) is 5.82. The van der Waals surface area contributed by atoms with E-state index in [4.69, 9.17) is 0 Å². The molecule has 0 spiro atoms. The molecule has 0 saturated carbocycles. The van der Waals surface area contributed by atoms with Gasteiger partial charge in [0.1, 0.15) is 0 Å². The van der Waals surface area contributed by atoms with Crippen LogP contribution in [0.5, 0.6) is 0 Å². The van der Waals surface area contributed by atoms with E-state index >= 15 is 0 Å². The van der Waals surface area contributed by atoms with Crippen molar-refractivity contribution < 1.29 is 24.0 Å². The van der Waals surface area contributed by atoms with Gasteiger partial charge in [-0.15, -0.1) is 0 Å². The first-order valence-electron chi connectivity index (χ1n) is 7.82. The molecule has 0 fully saturated rings. The fraction of sp³-hybridized carbons (Fsp3) is 0.143. The van der Waals surface area contributed by atoms with Crippen LogP contribution in [0.3, 0.4) is 0 Å². The largest absolute Gasteiger partial charge is 1.00 e. The van der Waals surface area contributed by atoms with Gasteiger partial charge in [-0.05, 0) is 28.8 Å². The SMILES string of the molecule is CC(C)[P](c1ccccc1)(c1ccccc1)c1ccccc1.[I-]. The minimum atomic E-state index is -1.63. The molecule has 3 rings (SSSR count). The molecule has 3 aromatic carbocycles. The monoisotopic (exact) mass is 432 g/mol. The first kappa shape index (κ1) is 18.2. The summed E-state index contributed by atoms with van der Waals surface area (Å²) >= 11 is 0. The van der Waals surface area contributed by atoms with Gasteiger partial charge in [0.05, 0.1) is 0 Å². The Balaban J connectivity index is 0.00000192. The van der Waals surface area contributed by atoms with Crippen molar-refractivity contribution in [2.75, 3.05) is 0 Å². The number of rotatable bonds is 4. The minimum Gasteiger partial charge on any atom is -1.00 e. The van der Waals surface area contributed by atoms with Crippen molar-refractivity contribution in [3.8, 4) is 0 Å². The van der Waals surface area contributed by atoms with Crippen molar-refractivity contribution in [2.24, 2.45) is 0 Å². The maximum Gasteiger partial charge on any atom is -0.0187 e. The third kappa shape index (κ3) is 3.36. The van der Waals surface area contributed by atoms with Crippen LogP contribution in [-0.2, 0) is 0 Å². The molecule has 1 radical (unpaired) electrons. The molecule has 0 aliphatic heterocycles. The van der Waals surface area contributed by atoms with Crippen molar-refractivity contribution in [2.45, 2.75) is 19.5 Å². The van der Waals surface area contributed by atoms with Gasteiger partial charge in [0, 0.05) is 0 Å². The molecule has 0 aliphatic rings. The molecule has 2 heteroatoms. The zero-order chi connectivity index (χ0) is 15.4. The smallest absolute Gasteiger partial charge is 0.0187 e. The summed E-state index contributed by atoms with van der Waals surface area (Å²) in [5, 5.41) is 4.38. The molecule has 3 aromatic rings. The van der Waals surface area contributed by atoms with Gasteiger partial charge in [0.25, 0.3) is 0 Å². The van der Waals surface area contributed by atoms with Crippen LogP contribution >= 0.6 is 7.26 Å². The first-order chi connectivity index (χ1) is 10.8. The fourth-order valence-corrected chi connectivity index (χ4v) is 7.94. The minimum absolute atomic E-state index is 0. The molecule has 23 heavy (non-hydrogen) atoms. The van der Waals surface area contributed by atoms with Crippen LogP contribution in [0.15, 0.2) is 91.0 Å². The summed E-state index contributed by atoms with van der Waals surface area (Å²) in [4.78, 5) is 0. The summed E-state index contributed by atoms with van der Waals surface area (Å²) in [5.74, 6) is 0. The zero-order valence-corrected chi connectivity index (χ0v) is 16.6. The quantitative estimate of drug-likeness (QED) is 0.432. The Hall–Kier alpha value is -1.18. The predicted molar refractivity (Wildman–Crippen MR) is 100 cm³/mol. The van der Waals surface area contributed by atoms with Crippen molar-refractivity contribution >= 4 is 23.2 Å². The van der Waals surface area contributed by atoms with Crippen LogP contribution in [0, 0.1) is 0 Å². The highest BCUT2D eigenvalue weighted by Crippen LogP contribution is 2.59. The van der Waals surface area contributed by atoms with Crippen molar-refractivity contribution in [1.82, 2.24) is 0 Å². The van der Waals surface area contributed by atoms with Gasteiger partial charge in [-0.25, -0.2) is 0 Å².